The molecule has 0 fully saturated rings. The van der Waals surface area contributed by atoms with Gasteiger partial charge >= 0.3 is 5.97 Å². The molecule has 0 heterocycles. The van der Waals surface area contributed by atoms with E-state index in [0.717, 1.165) is 0 Å². The fraction of sp³-hybridized carbons (Fsp3) is 0.231. The molecule has 1 N–H and O–H groups in total. The Bertz CT molecular complexity index is 483. The number of halogens is 1. The Balaban J connectivity index is 2.51. The van der Waals surface area contributed by atoms with Gasteiger partial charge in [0.05, 0.1) is 17.7 Å². The van der Waals surface area contributed by atoms with Gasteiger partial charge in [0.15, 0.2) is 0 Å². The van der Waals surface area contributed by atoms with Gasteiger partial charge < -0.3 is 9.84 Å². The van der Waals surface area contributed by atoms with E-state index >= 15 is 0 Å². The number of benzene rings is 1. The highest BCUT2D eigenvalue weighted by Crippen LogP contribution is 2.18. The van der Waals surface area contributed by atoms with Crippen LogP contribution in [0.2, 0.25) is 5.02 Å². The van der Waals surface area contributed by atoms with Gasteiger partial charge in [-0.25, -0.2) is 0 Å². The summed E-state index contributed by atoms with van der Waals surface area (Å²) in [6.07, 6.45) is 1.78. The second kappa shape index (κ2) is 8.19. The maximum absolute atomic E-state index is 10.9. The van der Waals surface area contributed by atoms with Crippen molar-refractivity contribution in [3.63, 3.8) is 0 Å². The molecule has 19 heavy (non-hydrogen) atoms. The molecule has 0 aromatic heterocycles. The molecule has 0 atom stereocenters. The zero-order valence-corrected chi connectivity index (χ0v) is 12.6. The lowest BCUT2D eigenvalue weighted by Crippen LogP contribution is -2.02. The second-order valence-electron chi connectivity index (χ2n) is 3.53. The molecule has 6 heteroatoms. The van der Waals surface area contributed by atoms with Gasteiger partial charge in [-0.15, -0.1) is 11.8 Å². The summed E-state index contributed by atoms with van der Waals surface area (Å²) >= 11 is 12.2. The molecule has 0 radical (unpaired) electrons. The SMILES string of the molecule is COC(=O)CCSC(=S)/C=C(\O)c1ccc(Cl)cc1. The fourth-order valence-corrected chi connectivity index (χ4v) is 2.35. The van der Waals surface area contributed by atoms with Crippen molar-refractivity contribution in [1.82, 2.24) is 0 Å². The van der Waals surface area contributed by atoms with Crippen LogP contribution in [-0.4, -0.2) is 28.1 Å². The molecule has 0 aliphatic rings. The Hall–Kier alpha value is -1.04. The molecular formula is C13H13ClO3S2. The summed E-state index contributed by atoms with van der Waals surface area (Å²) in [5, 5.41) is 10.5. The summed E-state index contributed by atoms with van der Waals surface area (Å²) in [6.45, 7) is 0. The number of carbonyl (C=O) groups excluding carboxylic acids is 1. The number of thiocarbonyl (C=S) groups is 1. The van der Waals surface area contributed by atoms with E-state index in [1.165, 1.54) is 24.9 Å². The first-order valence-electron chi connectivity index (χ1n) is 5.43. The van der Waals surface area contributed by atoms with Crippen molar-refractivity contribution in [2.75, 3.05) is 12.9 Å². The lowest BCUT2D eigenvalue weighted by molar-refractivity contribution is -0.140. The van der Waals surface area contributed by atoms with Gasteiger partial charge in [0.25, 0.3) is 0 Å². The van der Waals surface area contributed by atoms with Crippen LogP contribution < -0.4 is 0 Å². The maximum atomic E-state index is 10.9. The highest BCUT2D eigenvalue weighted by Gasteiger charge is 2.04. The number of hydrogen-bond donors (Lipinski definition) is 1. The summed E-state index contributed by atoms with van der Waals surface area (Å²) in [5.74, 6) is 0.323. The number of aliphatic hydroxyl groups excluding tert-OH is 1. The number of rotatable bonds is 5. The van der Waals surface area contributed by atoms with Crippen LogP contribution in [-0.2, 0) is 9.53 Å². The van der Waals surface area contributed by atoms with E-state index in [2.05, 4.69) is 4.74 Å². The third-order valence-corrected chi connectivity index (χ3v) is 3.71. The zero-order chi connectivity index (χ0) is 14.3. The van der Waals surface area contributed by atoms with E-state index in [0.29, 0.717) is 20.5 Å². The van der Waals surface area contributed by atoms with E-state index in [9.17, 15) is 9.90 Å². The number of esters is 1. The molecule has 1 aromatic rings. The molecule has 0 saturated carbocycles. The van der Waals surface area contributed by atoms with E-state index in [1.54, 1.807) is 24.3 Å². The molecule has 0 spiro atoms. The molecule has 0 saturated heterocycles. The minimum absolute atomic E-state index is 0.0761. The Morgan fingerprint density at radius 2 is 2.11 bits per heavy atom. The number of thioether (sulfide) groups is 1. The monoisotopic (exact) mass is 316 g/mol. The van der Waals surface area contributed by atoms with E-state index in [4.69, 9.17) is 23.8 Å². The van der Waals surface area contributed by atoms with Crippen LogP contribution in [0.4, 0.5) is 0 Å². The molecule has 0 amide bonds. The summed E-state index contributed by atoms with van der Waals surface area (Å²) in [7, 11) is 1.34. The van der Waals surface area contributed by atoms with Crippen molar-refractivity contribution >= 4 is 51.5 Å². The van der Waals surface area contributed by atoms with Gasteiger partial charge in [-0.05, 0) is 24.3 Å². The summed E-state index contributed by atoms with van der Waals surface area (Å²) in [4.78, 5) is 10.9. The van der Waals surface area contributed by atoms with Crippen LogP contribution in [0.15, 0.2) is 30.3 Å². The van der Waals surface area contributed by atoms with Gasteiger partial charge in [0.2, 0.25) is 0 Å². The maximum Gasteiger partial charge on any atom is 0.306 e. The average Bonchev–Trinajstić information content (AvgIpc) is 2.39. The van der Waals surface area contributed by atoms with E-state index in [-0.39, 0.29) is 18.1 Å². The van der Waals surface area contributed by atoms with Crippen LogP contribution >= 0.6 is 35.6 Å². The minimum atomic E-state index is -0.277. The van der Waals surface area contributed by atoms with Crippen molar-refractivity contribution in [1.29, 1.82) is 0 Å². The Labute approximate surface area is 126 Å². The lowest BCUT2D eigenvalue weighted by atomic mass is 10.2. The van der Waals surface area contributed by atoms with E-state index in [1.807, 2.05) is 0 Å². The van der Waals surface area contributed by atoms with Gasteiger partial charge in [-0.1, -0.05) is 23.8 Å². The standard InChI is InChI=1S/C13H13ClO3S2/c1-17-12(16)6-7-19-13(18)8-11(15)9-2-4-10(14)5-3-9/h2-5,8,15H,6-7H2,1H3/b11-8-. The second-order valence-corrected chi connectivity index (χ2v) is 5.80. The van der Waals surface area contributed by atoms with Gasteiger partial charge in [0.1, 0.15) is 5.76 Å². The van der Waals surface area contributed by atoms with Crippen LogP contribution in [0.3, 0.4) is 0 Å². The Morgan fingerprint density at radius 3 is 2.68 bits per heavy atom. The van der Waals surface area contributed by atoms with Crippen LogP contribution in [0.5, 0.6) is 0 Å². The van der Waals surface area contributed by atoms with Crippen molar-refractivity contribution in [2.45, 2.75) is 6.42 Å². The fourth-order valence-electron chi connectivity index (χ4n) is 1.19. The molecule has 1 rings (SSSR count). The molecule has 3 nitrogen and oxygen atoms in total. The number of hydrogen-bond acceptors (Lipinski definition) is 5. The third-order valence-electron chi connectivity index (χ3n) is 2.17. The first kappa shape index (κ1) is 16.0. The quantitative estimate of drug-likeness (QED) is 0.387. The predicted molar refractivity (Wildman–Crippen MR) is 83.7 cm³/mol. The first-order valence-corrected chi connectivity index (χ1v) is 7.20. The summed E-state index contributed by atoms with van der Waals surface area (Å²) in [5.41, 5.74) is 0.639. The molecule has 0 unspecified atom stereocenters. The lowest BCUT2D eigenvalue weighted by Gasteiger charge is -2.02. The minimum Gasteiger partial charge on any atom is -0.507 e. The topological polar surface area (TPSA) is 46.5 Å². The Morgan fingerprint density at radius 1 is 1.47 bits per heavy atom. The largest absolute Gasteiger partial charge is 0.507 e. The molecule has 0 aliphatic heterocycles. The van der Waals surface area contributed by atoms with Gasteiger partial charge in [-0.2, -0.15) is 0 Å². The predicted octanol–water partition coefficient (Wildman–Crippen LogP) is 3.86. The smallest absolute Gasteiger partial charge is 0.306 e. The zero-order valence-electron chi connectivity index (χ0n) is 10.3. The van der Waals surface area contributed by atoms with Crippen molar-refractivity contribution < 1.29 is 14.6 Å². The van der Waals surface area contributed by atoms with Crippen LogP contribution in [0.25, 0.3) is 5.76 Å². The summed E-state index contributed by atoms with van der Waals surface area (Å²) in [6, 6.07) is 6.79. The van der Waals surface area contributed by atoms with Gasteiger partial charge in [-0.3, -0.25) is 4.79 Å². The third kappa shape index (κ3) is 6.09. The number of methoxy groups -OCH3 is 1. The number of carbonyl (C=O) groups is 1. The molecule has 1 aromatic carbocycles. The van der Waals surface area contributed by atoms with Crippen molar-refractivity contribution in [2.24, 2.45) is 0 Å². The molecule has 102 valence electrons. The highest BCUT2D eigenvalue weighted by molar-refractivity contribution is 8.23. The van der Waals surface area contributed by atoms with E-state index < -0.39 is 0 Å². The van der Waals surface area contributed by atoms with Crippen LogP contribution in [0.1, 0.15) is 12.0 Å². The summed E-state index contributed by atoms with van der Waals surface area (Å²) < 4.78 is 5.03. The van der Waals surface area contributed by atoms with Gasteiger partial charge in [0, 0.05) is 22.4 Å². The van der Waals surface area contributed by atoms with Crippen LogP contribution in [0, 0.1) is 0 Å². The normalized spacial score (nSPS) is 11.2. The molecule has 0 bridgehead atoms. The Kier molecular flexibility index (Phi) is 6.91. The van der Waals surface area contributed by atoms with Crippen molar-refractivity contribution in [3.05, 3.63) is 40.9 Å². The highest BCUT2D eigenvalue weighted by atomic mass is 35.5. The average molecular weight is 317 g/mol. The number of aliphatic hydroxyl groups is 1. The number of ether oxygens (including phenoxy) is 1. The van der Waals surface area contributed by atoms with Crippen molar-refractivity contribution in [3.8, 4) is 0 Å². The molecular weight excluding hydrogens is 304 g/mol. The first-order chi connectivity index (χ1) is 9.02. The molecule has 0 aliphatic carbocycles.